The van der Waals surface area contributed by atoms with Crippen LogP contribution in [0.15, 0.2) is 280 Å². The summed E-state index contributed by atoms with van der Waals surface area (Å²) in [6.45, 7) is 17.6. The molecule has 16 rings (SSSR count). The number of fused-ring (bicyclic) bond motifs is 12. The number of anilines is 3. The molecule has 0 bridgehead atoms. The molecule has 0 spiro atoms. The summed E-state index contributed by atoms with van der Waals surface area (Å²) in [6, 6.07) is 103. The molecule has 464 valence electrons. The summed E-state index contributed by atoms with van der Waals surface area (Å²) in [6.07, 6.45) is 15.6. The van der Waals surface area contributed by atoms with Crippen molar-refractivity contribution in [3.05, 3.63) is 336 Å². The van der Waals surface area contributed by atoms with Crippen molar-refractivity contribution < 1.29 is 0 Å². The van der Waals surface area contributed by atoms with Gasteiger partial charge in [0.2, 0.25) is 0 Å². The van der Waals surface area contributed by atoms with Crippen molar-refractivity contribution >= 4 is 51.0 Å². The molecule has 95 heavy (non-hydrogen) atoms. The third-order valence-corrected chi connectivity index (χ3v) is 22.0. The Morgan fingerprint density at radius 1 is 0.347 bits per heavy atom. The Hall–Kier alpha value is -10.3. The van der Waals surface area contributed by atoms with Crippen molar-refractivity contribution in [3.63, 3.8) is 0 Å². The van der Waals surface area contributed by atoms with E-state index in [4.69, 9.17) is 0 Å². The van der Waals surface area contributed by atoms with Gasteiger partial charge in [-0.15, -0.1) is 0 Å². The monoisotopic (exact) mass is 1230 g/mol. The highest BCUT2D eigenvalue weighted by Gasteiger charge is 2.47. The van der Waals surface area contributed by atoms with E-state index >= 15 is 0 Å². The lowest BCUT2D eigenvalue weighted by molar-refractivity contribution is 0.401. The SMILES string of the molecule is C=Cc1ccc(-c2ccc3c(c2)c2cc(-c4ccc(C=C)cc4)ccc2n3-c2ccc3c(c2)C(CCCCCC)(CCCCCC)c2cc(N(c4ccc5c(c4)C(C)(C)c4ccccc4-5)c4ccc5c(c4)C(c4ccccc4)(c4ccccc4)c4ccccc4-5)ccc2-3)cc1. The molecule has 0 amide bonds. The Morgan fingerprint density at radius 2 is 0.758 bits per heavy atom. The van der Waals surface area contributed by atoms with Gasteiger partial charge in [0.15, 0.2) is 0 Å². The van der Waals surface area contributed by atoms with E-state index in [2.05, 4.69) is 317 Å². The first-order valence-corrected chi connectivity index (χ1v) is 34.9. The van der Waals surface area contributed by atoms with E-state index in [0.29, 0.717) is 0 Å². The quantitative estimate of drug-likeness (QED) is 0.0691. The summed E-state index contributed by atoms with van der Waals surface area (Å²) in [5, 5.41) is 2.49. The molecule has 0 unspecified atom stereocenters. The lowest BCUT2D eigenvalue weighted by atomic mass is 9.67. The lowest BCUT2D eigenvalue weighted by Crippen LogP contribution is -2.28. The molecule has 0 aliphatic heterocycles. The van der Waals surface area contributed by atoms with Crippen LogP contribution in [0.1, 0.15) is 148 Å². The van der Waals surface area contributed by atoms with Gasteiger partial charge in [0, 0.05) is 44.4 Å². The first kappa shape index (κ1) is 59.7. The summed E-state index contributed by atoms with van der Waals surface area (Å²) in [5.41, 5.74) is 31.9. The number of hydrogen-bond acceptors (Lipinski definition) is 1. The van der Waals surface area contributed by atoms with Gasteiger partial charge in [-0.05, 0) is 197 Å². The minimum Gasteiger partial charge on any atom is -0.310 e. The van der Waals surface area contributed by atoms with Crippen molar-refractivity contribution in [2.75, 3.05) is 4.90 Å². The third-order valence-electron chi connectivity index (χ3n) is 22.0. The first-order valence-electron chi connectivity index (χ1n) is 34.9. The maximum absolute atomic E-state index is 4.05. The Labute approximate surface area is 562 Å². The lowest BCUT2D eigenvalue weighted by Gasteiger charge is -2.36. The molecule has 13 aromatic rings. The van der Waals surface area contributed by atoms with Crippen LogP contribution in [0.3, 0.4) is 0 Å². The fourth-order valence-corrected chi connectivity index (χ4v) is 17.3. The summed E-state index contributed by atoms with van der Waals surface area (Å²) in [4.78, 5) is 2.62. The molecule has 0 radical (unpaired) electrons. The van der Waals surface area contributed by atoms with Crippen LogP contribution >= 0.6 is 0 Å². The largest absolute Gasteiger partial charge is 0.310 e. The maximum Gasteiger partial charge on any atom is 0.0714 e. The summed E-state index contributed by atoms with van der Waals surface area (Å²) >= 11 is 0. The van der Waals surface area contributed by atoms with Crippen LogP contribution in [0.25, 0.3) is 95.3 Å². The van der Waals surface area contributed by atoms with Crippen LogP contribution < -0.4 is 4.90 Å². The molecule has 3 aliphatic rings. The van der Waals surface area contributed by atoms with E-state index in [-0.39, 0.29) is 10.8 Å². The predicted octanol–water partition coefficient (Wildman–Crippen LogP) is 25.8. The van der Waals surface area contributed by atoms with Crippen LogP contribution in [-0.4, -0.2) is 4.57 Å². The molecule has 0 saturated heterocycles. The predicted molar refractivity (Wildman–Crippen MR) is 405 cm³/mol. The number of rotatable bonds is 20. The van der Waals surface area contributed by atoms with Gasteiger partial charge in [-0.2, -0.15) is 0 Å². The van der Waals surface area contributed by atoms with Gasteiger partial charge in [0.1, 0.15) is 0 Å². The Bertz CT molecular complexity index is 4930. The van der Waals surface area contributed by atoms with E-state index in [1.54, 1.807) is 0 Å². The average Bonchev–Trinajstić information content (AvgIpc) is 1.54. The molecule has 1 heterocycles. The zero-order chi connectivity index (χ0) is 64.4. The second-order valence-corrected chi connectivity index (χ2v) is 27.6. The summed E-state index contributed by atoms with van der Waals surface area (Å²) in [5.74, 6) is 0. The van der Waals surface area contributed by atoms with Crippen LogP contribution in [0.4, 0.5) is 17.1 Å². The maximum atomic E-state index is 4.05. The van der Waals surface area contributed by atoms with E-state index in [9.17, 15) is 0 Å². The third kappa shape index (κ3) is 9.73. The van der Waals surface area contributed by atoms with Crippen molar-refractivity contribution in [2.45, 2.75) is 108 Å². The zero-order valence-electron chi connectivity index (χ0n) is 55.4. The van der Waals surface area contributed by atoms with Crippen LogP contribution in [0.2, 0.25) is 0 Å². The number of unbranched alkanes of at least 4 members (excludes halogenated alkanes) is 6. The molecule has 1 aromatic heterocycles. The highest BCUT2D eigenvalue weighted by atomic mass is 15.1. The summed E-state index contributed by atoms with van der Waals surface area (Å²) in [7, 11) is 0. The highest BCUT2D eigenvalue weighted by Crippen LogP contribution is 2.60. The summed E-state index contributed by atoms with van der Waals surface area (Å²) < 4.78 is 2.57. The molecule has 0 saturated carbocycles. The van der Waals surface area contributed by atoms with E-state index in [1.807, 2.05) is 12.2 Å². The highest BCUT2D eigenvalue weighted by molar-refractivity contribution is 6.12. The van der Waals surface area contributed by atoms with Gasteiger partial charge in [0.25, 0.3) is 0 Å². The number of aromatic nitrogens is 1. The smallest absolute Gasteiger partial charge is 0.0714 e. The topological polar surface area (TPSA) is 8.17 Å². The Balaban J connectivity index is 0.908. The van der Waals surface area contributed by atoms with E-state index < -0.39 is 5.41 Å². The minimum absolute atomic E-state index is 0.192. The molecule has 2 nitrogen and oxygen atoms in total. The molecular formula is C93H82N2. The first-order chi connectivity index (χ1) is 46.7. The van der Waals surface area contributed by atoms with Crippen molar-refractivity contribution in [1.82, 2.24) is 4.57 Å². The molecule has 12 aromatic carbocycles. The molecule has 0 fully saturated rings. The van der Waals surface area contributed by atoms with Gasteiger partial charge in [-0.3, -0.25) is 0 Å². The van der Waals surface area contributed by atoms with Crippen molar-refractivity contribution in [1.29, 1.82) is 0 Å². The van der Waals surface area contributed by atoms with Crippen molar-refractivity contribution in [2.24, 2.45) is 0 Å². The average molecular weight is 1230 g/mol. The van der Waals surface area contributed by atoms with Crippen molar-refractivity contribution in [3.8, 4) is 61.3 Å². The second-order valence-electron chi connectivity index (χ2n) is 27.6. The number of nitrogens with zero attached hydrogens (tertiary/aromatic N) is 2. The number of hydrogen-bond donors (Lipinski definition) is 0. The van der Waals surface area contributed by atoms with Crippen LogP contribution in [0.5, 0.6) is 0 Å². The Morgan fingerprint density at radius 3 is 1.27 bits per heavy atom. The molecule has 0 N–H and O–H groups in total. The molecule has 0 atom stereocenters. The second kappa shape index (κ2) is 24.2. The van der Waals surface area contributed by atoms with Gasteiger partial charge < -0.3 is 9.47 Å². The van der Waals surface area contributed by atoms with Gasteiger partial charge in [-0.1, -0.05) is 298 Å². The van der Waals surface area contributed by atoms with Crippen LogP contribution in [0, 0.1) is 0 Å². The van der Waals surface area contributed by atoms with Gasteiger partial charge >= 0.3 is 0 Å². The fraction of sp³-hybridized carbons (Fsp3) is 0.183. The molecular weight excluding hydrogens is 1150 g/mol. The zero-order valence-corrected chi connectivity index (χ0v) is 55.4. The molecule has 3 aliphatic carbocycles. The van der Waals surface area contributed by atoms with E-state index in [1.165, 1.54) is 178 Å². The van der Waals surface area contributed by atoms with Gasteiger partial charge in [0.05, 0.1) is 16.4 Å². The standard InChI is InChI=1S/C93H82N2/c1-7-11-13-25-55-92(56-26-14-12-8-2)86-60-72(46-50-78(86)79-51-48-74(61-87(79)92)95-89-53-43-67(65-39-35-63(9-3)36-40-65)57-81(89)82-58-68(44-54-90(82)95)66-41-37-64(10-4)38-42-66)94(71-45-49-77-75-31-21-23-33-83(75)91(5,6)85(77)59-71)73-47-52-80-76-32-22-24-34-84(76)93(88(80)62-73,69-27-17-15-18-28-69)70-29-19-16-20-30-70/h9-10,15-24,27-54,57-62H,3-4,7-8,11-14,25-26,55-56H2,1-2,5-6H3. The normalized spacial score (nSPS) is 14.0. The fourth-order valence-electron chi connectivity index (χ4n) is 17.3. The van der Waals surface area contributed by atoms with E-state index in [0.717, 1.165) is 42.5 Å². The number of benzene rings is 12. The van der Waals surface area contributed by atoms with Gasteiger partial charge in [-0.25, -0.2) is 0 Å². The Kier molecular flexibility index (Phi) is 15.2. The molecule has 2 heteroatoms. The van der Waals surface area contributed by atoms with Crippen LogP contribution in [-0.2, 0) is 16.2 Å². The minimum atomic E-state index is -0.558.